The summed E-state index contributed by atoms with van der Waals surface area (Å²) in [6.45, 7) is 9.17. The number of hydrogen-bond donors (Lipinski definition) is 0. The molecule has 0 spiro atoms. The summed E-state index contributed by atoms with van der Waals surface area (Å²) in [6.07, 6.45) is 0.870. The largest absolute Gasteiger partial charge is 0.359 e. The van der Waals surface area contributed by atoms with Gasteiger partial charge in [0.05, 0.1) is 12.6 Å². The normalized spacial score (nSPS) is 23.7. The van der Waals surface area contributed by atoms with Crippen LogP contribution in [0.25, 0.3) is 0 Å². The Morgan fingerprint density at radius 3 is 2.62 bits per heavy atom. The number of rotatable bonds is 2. The molecule has 1 amide bonds. The molecule has 1 rings (SSSR count). The van der Waals surface area contributed by atoms with Crippen LogP contribution in [0.4, 0.5) is 0 Å². The van der Waals surface area contributed by atoms with Crippen molar-refractivity contribution in [3.05, 3.63) is 0 Å². The zero-order valence-corrected chi connectivity index (χ0v) is 8.96. The summed E-state index contributed by atoms with van der Waals surface area (Å²) in [5, 5.41) is 0. The molecule has 1 aliphatic heterocycles. The van der Waals surface area contributed by atoms with Crippen molar-refractivity contribution >= 4 is 5.91 Å². The van der Waals surface area contributed by atoms with Crippen LogP contribution in [-0.4, -0.2) is 30.2 Å². The molecular weight excluding hydrogens is 166 g/mol. The molecule has 13 heavy (non-hydrogen) atoms. The molecule has 0 unspecified atom stereocenters. The fourth-order valence-corrected chi connectivity index (χ4v) is 1.34. The molecule has 0 N–H and O–H groups in total. The highest BCUT2D eigenvalue weighted by Crippen LogP contribution is 2.25. The second-order valence-electron chi connectivity index (χ2n) is 4.36. The Bertz CT molecular complexity index is 201. The van der Waals surface area contributed by atoms with Gasteiger partial charge in [0.25, 0.3) is 0 Å². The van der Waals surface area contributed by atoms with Crippen LogP contribution in [-0.2, 0) is 9.53 Å². The van der Waals surface area contributed by atoms with Crippen LogP contribution >= 0.6 is 0 Å². The highest BCUT2D eigenvalue weighted by Gasteiger charge is 2.35. The number of hydrogen-bond acceptors (Lipinski definition) is 2. The molecule has 76 valence electrons. The van der Waals surface area contributed by atoms with Gasteiger partial charge in [0.15, 0.2) is 0 Å². The molecule has 0 bridgehead atoms. The van der Waals surface area contributed by atoms with Gasteiger partial charge in [0.2, 0.25) is 5.91 Å². The third-order valence-electron chi connectivity index (χ3n) is 2.85. The van der Waals surface area contributed by atoms with Crippen molar-refractivity contribution in [1.29, 1.82) is 0 Å². The topological polar surface area (TPSA) is 29.5 Å². The van der Waals surface area contributed by atoms with Crippen LogP contribution in [0.2, 0.25) is 0 Å². The summed E-state index contributed by atoms with van der Waals surface area (Å²) in [5.74, 6) is 0.208. The number of carbonyl (C=O) groups excluding carboxylic acids is 1. The number of amides is 1. The Labute approximate surface area is 80.1 Å². The van der Waals surface area contributed by atoms with Gasteiger partial charge >= 0.3 is 0 Å². The first kappa shape index (κ1) is 10.5. The van der Waals surface area contributed by atoms with Gasteiger partial charge in [-0.25, -0.2) is 0 Å². The minimum absolute atomic E-state index is 0.208. The van der Waals surface area contributed by atoms with Crippen LogP contribution in [0.15, 0.2) is 0 Å². The van der Waals surface area contributed by atoms with Gasteiger partial charge in [-0.1, -0.05) is 20.8 Å². The Kier molecular flexibility index (Phi) is 2.96. The van der Waals surface area contributed by atoms with E-state index in [-0.39, 0.29) is 17.4 Å². The van der Waals surface area contributed by atoms with E-state index in [9.17, 15) is 4.79 Å². The summed E-state index contributed by atoms with van der Waals surface area (Å²) in [7, 11) is 0. The molecular formula is C10H19NO2. The quantitative estimate of drug-likeness (QED) is 0.654. The number of ether oxygens (including phenoxy) is 1. The molecule has 3 heteroatoms. The molecule has 0 aromatic rings. The van der Waals surface area contributed by atoms with Gasteiger partial charge in [-0.2, -0.15) is 0 Å². The zero-order valence-electron chi connectivity index (χ0n) is 8.96. The van der Waals surface area contributed by atoms with Gasteiger partial charge in [-0.3, -0.25) is 4.79 Å². The van der Waals surface area contributed by atoms with Gasteiger partial charge in [0.1, 0.15) is 6.73 Å². The first-order valence-electron chi connectivity index (χ1n) is 4.88. The van der Waals surface area contributed by atoms with Crippen molar-refractivity contribution < 1.29 is 9.53 Å². The van der Waals surface area contributed by atoms with Crippen LogP contribution in [0, 0.1) is 5.41 Å². The molecule has 1 saturated heterocycles. The van der Waals surface area contributed by atoms with Gasteiger partial charge in [0, 0.05) is 5.41 Å². The van der Waals surface area contributed by atoms with Crippen molar-refractivity contribution in [3.8, 4) is 0 Å². The van der Waals surface area contributed by atoms with E-state index in [0.29, 0.717) is 13.3 Å². The van der Waals surface area contributed by atoms with Gasteiger partial charge in [-0.15, -0.1) is 0 Å². The highest BCUT2D eigenvalue weighted by molar-refractivity contribution is 5.82. The van der Waals surface area contributed by atoms with Crippen molar-refractivity contribution in [2.24, 2.45) is 5.41 Å². The zero-order chi connectivity index (χ0) is 10.1. The van der Waals surface area contributed by atoms with Crippen molar-refractivity contribution in [2.75, 3.05) is 13.3 Å². The van der Waals surface area contributed by atoms with E-state index >= 15 is 0 Å². The molecule has 1 fully saturated rings. The van der Waals surface area contributed by atoms with E-state index in [2.05, 4.69) is 0 Å². The minimum Gasteiger partial charge on any atom is -0.359 e. The lowest BCUT2D eigenvalue weighted by atomic mass is 9.88. The summed E-state index contributed by atoms with van der Waals surface area (Å²) < 4.78 is 5.24. The van der Waals surface area contributed by atoms with Crippen molar-refractivity contribution in [3.63, 3.8) is 0 Å². The van der Waals surface area contributed by atoms with Crippen molar-refractivity contribution in [2.45, 2.75) is 40.2 Å². The van der Waals surface area contributed by atoms with Gasteiger partial charge < -0.3 is 9.64 Å². The summed E-state index contributed by atoms with van der Waals surface area (Å²) in [4.78, 5) is 13.8. The number of nitrogens with zero attached hydrogens (tertiary/aromatic N) is 1. The fraction of sp³-hybridized carbons (Fsp3) is 0.900. The Morgan fingerprint density at radius 1 is 1.62 bits per heavy atom. The van der Waals surface area contributed by atoms with Gasteiger partial charge in [-0.05, 0) is 13.3 Å². The van der Waals surface area contributed by atoms with Crippen LogP contribution in [0.1, 0.15) is 34.1 Å². The fourth-order valence-electron chi connectivity index (χ4n) is 1.34. The maximum absolute atomic E-state index is 12.0. The molecule has 0 aromatic carbocycles. The van der Waals surface area contributed by atoms with E-state index in [4.69, 9.17) is 4.74 Å². The second kappa shape index (κ2) is 3.66. The minimum atomic E-state index is -0.248. The van der Waals surface area contributed by atoms with E-state index in [1.807, 2.05) is 32.6 Å². The summed E-state index contributed by atoms with van der Waals surface area (Å²) in [6, 6.07) is 0.235. The van der Waals surface area contributed by atoms with E-state index in [0.717, 1.165) is 6.42 Å². The van der Waals surface area contributed by atoms with E-state index in [1.54, 1.807) is 0 Å². The predicted molar refractivity (Wildman–Crippen MR) is 51.2 cm³/mol. The average molecular weight is 185 g/mol. The third kappa shape index (κ3) is 2.02. The average Bonchev–Trinajstić information content (AvgIpc) is 2.50. The summed E-state index contributed by atoms with van der Waals surface area (Å²) >= 11 is 0. The first-order valence-corrected chi connectivity index (χ1v) is 4.88. The maximum atomic E-state index is 12.0. The lowest BCUT2D eigenvalue weighted by molar-refractivity contribution is -0.142. The van der Waals surface area contributed by atoms with Crippen molar-refractivity contribution in [1.82, 2.24) is 4.90 Å². The Balaban J connectivity index is 2.66. The molecule has 0 radical (unpaired) electrons. The molecule has 1 aliphatic rings. The molecule has 0 aliphatic carbocycles. The molecule has 1 heterocycles. The van der Waals surface area contributed by atoms with Crippen LogP contribution < -0.4 is 0 Å². The van der Waals surface area contributed by atoms with Crippen LogP contribution in [0.3, 0.4) is 0 Å². The Hall–Kier alpha value is -0.570. The maximum Gasteiger partial charge on any atom is 0.230 e. The smallest absolute Gasteiger partial charge is 0.230 e. The monoisotopic (exact) mass is 185 g/mol. The molecule has 3 nitrogen and oxygen atoms in total. The SMILES string of the molecule is CCC(C)(C)C(=O)N1COC[C@@H]1C. The summed E-state index contributed by atoms with van der Waals surface area (Å²) in [5.41, 5.74) is -0.248. The lowest BCUT2D eigenvalue weighted by Gasteiger charge is -2.29. The molecule has 1 atom stereocenters. The number of carbonyl (C=O) groups is 1. The van der Waals surface area contributed by atoms with E-state index < -0.39 is 0 Å². The third-order valence-corrected chi connectivity index (χ3v) is 2.85. The standard InChI is InChI=1S/C10H19NO2/c1-5-10(3,4)9(12)11-7-13-6-8(11)2/h8H,5-7H2,1-4H3/t8-/m0/s1. The second-order valence-corrected chi connectivity index (χ2v) is 4.36. The molecule has 0 saturated carbocycles. The van der Waals surface area contributed by atoms with Crippen LogP contribution in [0.5, 0.6) is 0 Å². The lowest BCUT2D eigenvalue weighted by Crippen LogP contribution is -2.42. The highest BCUT2D eigenvalue weighted by atomic mass is 16.5. The van der Waals surface area contributed by atoms with E-state index in [1.165, 1.54) is 0 Å². The predicted octanol–water partition coefficient (Wildman–Crippen LogP) is 1.63. The first-order chi connectivity index (χ1) is 5.99. The molecule has 0 aromatic heterocycles. The Morgan fingerprint density at radius 2 is 2.23 bits per heavy atom.